The number of piperidine rings is 1. The average molecular weight is 346 g/mol. The first-order chi connectivity index (χ1) is 11.8. The van der Waals surface area contributed by atoms with Crippen LogP contribution in [-0.2, 0) is 9.53 Å². The molecule has 2 rings (SSSR count). The van der Waals surface area contributed by atoms with Gasteiger partial charge in [-0.2, -0.15) is 0 Å². The number of hydrogen-bond donors (Lipinski definition) is 0. The summed E-state index contributed by atoms with van der Waals surface area (Å²) in [5, 5.41) is 0. The third kappa shape index (κ3) is 5.76. The summed E-state index contributed by atoms with van der Waals surface area (Å²) >= 11 is 0. The number of likely N-dealkylation sites (tertiary alicyclic amines) is 1. The molecule has 1 fully saturated rings. The molecule has 0 radical (unpaired) electrons. The highest BCUT2D eigenvalue weighted by Crippen LogP contribution is 2.24. The number of benzene rings is 1. The number of ether oxygens (including phenoxy) is 1. The zero-order valence-electron chi connectivity index (χ0n) is 15.8. The Bertz CT molecular complexity index is 572. The van der Waals surface area contributed by atoms with E-state index in [0.717, 1.165) is 18.5 Å². The van der Waals surface area contributed by atoms with Crippen molar-refractivity contribution in [3.05, 3.63) is 30.3 Å². The van der Waals surface area contributed by atoms with E-state index in [1.54, 1.807) is 4.90 Å². The Morgan fingerprint density at radius 1 is 1.16 bits per heavy atom. The van der Waals surface area contributed by atoms with Crippen molar-refractivity contribution in [1.82, 2.24) is 4.90 Å². The van der Waals surface area contributed by atoms with Gasteiger partial charge >= 0.3 is 6.09 Å². The lowest BCUT2D eigenvalue weighted by Gasteiger charge is -2.35. The number of hydrogen-bond acceptors (Lipinski definition) is 3. The molecule has 0 spiro atoms. The van der Waals surface area contributed by atoms with E-state index < -0.39 is 5.60 Å². The van der Waals surface area contributed by atoms with Crippen LogP contribution in [0.3, 0.4) is 0 Å². The summed E-state index contributed by atoms with van der Waals surface area (Å²) in [7, 11) is 0. The predicted octanol–water partition coefficient (Wildman–Crippen LogP) is 4.08. The Balaban J connectivity index is 1.93. The van der Waals surface area contributed by atoms with Crippen LogP contribution in [0, 0.1) is 5.92 Å². The highest BCUT2D eigenvalue weighted by Gasteiger charge is 2.28. The van der Waals surface area contributed by atoms with Crippen molar-refractivity contribution in [3.8, 4) is 0 Å². The molecule has 1 heterocycles. The van der Waals surface area contributed by atoms with E-state index in [0.29, 0.717) is 32.0 Å². The molecule has 2 amide bonds. The number of rotatable bonds is 4. The van der Waals surface area contributed by atoms with Crippen molar-refractivity contribution in [2.24, 2.45) is 5.92 Å². The number of carbonyl (C=O) groups excluding carboxylic acids is 2. The fourth-order valence-electron chi connectivity index (χ4n) is 3.03. The van der Waals surface area contributed by atoms with Gasteiger partial charge in [-0.15, -0.1) is 0 Å². The molecule has 1 aromatic carbocycles. The standard InChI is InChI=1S/C20H30N2O3/c1-5-18(23)22(17-9-7-6-8-10-17)15-16-11-13-21(14-12-16)19(24)25-20(2,3)4/h6-10,16H,5,11-15H2,1-4H3. The molecule has 0 aliphatic carbocycles. The highest BCUT2D eigenvalue weighted by molar-refractivity contribution is 5.93. The Kier molecular flexibility index (Phi) is 6.45. The highest BCUT2D eigenvalue weighted by atomic mass is 16.6. The minimum atomic E-state index is -0.467. The predicted molar refractivity (Wildman–Crippen MR) is 99.6 cm³/mol. The quantitative estimate of drug-likeness (QED) is 0.825. The van der Waals surface area contributed by atoms with Crippen molar-refractivity contribution in [3.63, 3.8) is 0 Å². The summed E-state index contributed by atoms with van der Waals surface area (Å²) in [6, 6.07) is 9.82. The number of nitrogens with zero attached hydrogens (tertiary/aromatic N) is 2. The molecule has 0 atom stereocenters. The minimum Gasteiger partial charge on any atom is -0.444 e. The molecule has 0 bridgehead atoms. The van der Waals surface area contributed by atoms with Crippen LogP contribution < -0.4 is 4.90 Å². The molecule has 0 aromatic heterocycles. The van der Waals surface area contributed by atoms with E-state index >= 15 is 0 Å². The first-order valence-corrected chi connectivity index (χ1v) is 9.13. The molecule has 1 saturated heterocycles. The van der Waals surface area contributed by atoms with Crippen LogP contribution in [0.2, 0.25) is 0 Å². The van der Waals surface area contributed by atoms with Gasteiger partial charge in [0.15, 0.2) is 0 Å². The van der Waals surface area contributed by atoms with E-state index in [4.69, 9.17) is 4.74 Å². The molecule has 1 aromatic rings. The minimum absolute atomic E-state index is 0.140. The van der Waals surface area contributed by atoms with Gasteiger partial charge in [-0.05, 0) is 51.7 Å². The summed E-state index contributed by atoms with van der Waals surface area (Å²) in [4.78, 5) is 28.2. The van der Waals surface area contributed by atoms with Gasteiger partial charge in [0.05, 0.1) is 0 Å². The molecule has 1 aliphatic rings. The molecule has 0 saturated carbocycles. The van der Waals surface area contributed by atoms with Crippen molar-refractivity contribution in [1.29, 1.82) is 0 Å². The van der Waals surface area contributed by atoms with Crippen molar-refractivity contribution < 1.29 is 14.3 Å². The molecule has 5 heteroatoms. The third-order valence-corrected chi connectivity index (χ3v) is 4.38. The van der Waals surface area contributed by atoms with E-state index in [-0.39, 0.29) is 12.0 Å². The third-order valence-electron chi connectivity index (χ3n) is 4.38. The van der Waals surface area contributed by atoms with Gasteiger partial charge in [0.2, 0.25) is 5.91 Å². The molecule has 25 heavy (non-hydrogen) atoms. The van der Waals surface area contributed by atoms with Crippen LogP contribution in [0.15, 0.2) is 30.3 Å². The SMILES string of the molecule is CCC(=O)N(CC1CCN(C(=O)OC(C)(C)C)CC1)c1ccccc1. The Hall–Kier alpha value is -2.04. The number of anilines is 1. The fraction of sp³-hybridized carbons (Fsp3) is 0.600. The zero-order chi connectivity index (χ0) is 18.4. The summed E-state index contributed by atoms with van der Waals surface area (Å²) in [6.07, 6.45) is 2.03. The van der Waals surface area contributed by atoms with Crippen LogP contribution in [0.25, 0.3) is 0 Å². The lowest BCUT2D eigenvalue weighted by Crippen LogP contribution is -2.44. The Morgan fingerprint density at radius 3 is 2.28 bits per heavy atom. The first-order valence-electron chi connectivity index (χ1n) is 9.13. The van der Waals surface area contributed by atoms with Crippen LogP contribution >= 0.6 is 0 Å². The van der Waals surface area contributed by atoms with Gasteiger partial charge in [0.25, 0.3) is 0 Å². The number of amides is 2. The fourth-order valence-corrected chi connectivity index (χ4v) is 3.03. The second-order valence-electron chi connectivity index (χ2n) is 7.60. The monoisotopic (exact) mass is 346 g/mol. The Labute approximate surface area is 150 Å². The van der Waals surface area contributed by atoms with Gasteiger partial charge in [-0.3, -0.25) is 4.79 Å². The number of carbonyl (C=O) groups is 2. The lowest BCUT2D eigenvalue weighted by atomic mass is 9.96. The van der Waals surface area contributed by atoms with Crippen LogP contribution in [0.1, 0.15) is 47.0 Å². The molecule has 5 nitrogen and oxygen atoms in total. The number of para-hydroxylation sites is 1. The molecular weight excluding hydrogens is 316 g/mol. The maximum absolute atomic E-state index is 12.4. The summed E-state index contributed by atoms with van der Waals surface area (Å²) in [6.45, 7) is 9.61. The maximum atomic E-state index is 12.4. The summed E-state index contributed by atoms with van der Waals surface area (Å²) in [5.74, 6) is 0.537. The van der Waals surface area contributed by atoms with Crippen molar-refractivity contribution in [2.45, 2.75) is 52.6 Å². The van der Waals surface area contributed by atoms with Crippen LogP contribution in [0.5, 0.6) is 0 Å². The molecule has 0 N–H and O–H groups in total. The second kappa shape index (κ2) is 8.37. The van der Waals surface area contributed by atoms with Gasteiger partial charge in [-0.1, -0.05) is 25.1 Å². The summed E-state index contributed by atoms with van der Waals surface area (Å²) < 4.78 is 5.44. The molecular formula is C20H30N2O3. The van der Waals surface area contributed by atoms with Gasteiger partial charge in [0, 0.05) is 31.7 Å². The molecule has 138 valence electrons. The smallest absolute Gasteiger partial charge is 0.410 e. The van der Waals surface area contributed by atoms with Crippen LogP contribution in [-0.4, -0.2) is 42.1 Å². The van der Waals surface area contributed by atoms with Crippen molar-refractivity contribution >= 4 is 17.7 Å². The zero-order valence-corrected chi connectivity index (χ0v) is 15.8. The van der Waals surface area contributed by atoms with E-state index in [9.17, 15) is 9.59 Å². The molecule has 1 aliphatic heterocycles. The van der Waals surface area contributed by atoms with E-state index in [1.807, 2.05) is 62.9 Å². The lowest BCUT2D eigenvalue weighted by molar-refractivity contribution is -0.118. The average Bonchev–Trinajstić information content (AvgIpc) is 2.59. The molecule has 0 unspecified atom stereocenters. The second-order valence-corrected chi connectivity index (χ2v) is 7.60. The normalized spacial score (nSPS) is 15.8. The van der Waals surface area contributed by atoms with Crippen molar-refractivity contribution in [2.75, 3.05) is 24.5 Å². The van der Waals surface area contributed by atoms with Crippen LogP contribution in [0.4, 0.5) is 10.5 Å². The Morgan fingerprint density at radius 2 is 1.76 bits per heavy atom. The summed E-state index contributed by atoms with van der Waals surface area (Å²) in [5.41, 5.74) is 0.481. The van der Waals surface area contributed by atoms with E-state index in [1.165, 1.54) is 0 Å². The maximum Gasteiger partial charge on any atom is 0.410 e. The van der Waals surface area contributed by atoms with E-state index in [2.05, 4.69) is 0 Å². The topological polar surface area (TPSA) is 49.9 Å². The van der Waals surface area contributed by atoms with Gasteiger partial charge < -0.3 is 14.5 Å². The largest absolute Gasteiger partial charge is 0.444 e. The first kappa shape index (κ1) is 19.3. The van der Waals surface area contributed by atoms with Gasteiger partial charge in [-0.25, -0.2) is 4.79 Å². The van der Waals surface area contributed by atoms with Gasteiger partial charge in [0.1, 0.15) is 5.60 Å².